The van der Waals surface area contributed by atoms with Crippen molar-refractivity contribution in [2.75, 3.05) is 13.1 Å². The molecule has 1 aliphatic heterocycles. The predicted molar refractivity (Wildman–Crippen MR) is 76.8 cm³/mol. The molecule has 0 spiro atoms. The zero-order valence-corrected chi connectivity index (χ0v) is 12.7. The largest absolute Gasteiger partial charge is 0.481 e. The lowest BCUT2D eigenvalue weighted by atomic mass is 9.81. The van der Waals surface area contributed by atoms with Gasteiger partial charge in [0.25, 0.3) is 0 Å². The fourth-order valence-corrected chi connectivity index (χ4v) is 4.14. The van der Waals surface area contributed by atoms with Crippen LogP contribution in [0.2, 0.25) is 0 Å². The highest BCUT2D eigenvalue weighted by Gasteiger charge is 2.54. The molecule has 0 radical (unpaired) electrons. The Labute approximate surface area is 125 Å². The van der Waals surface area contributed by atoms with E-state index in [2.05, 4.69) is 20.8 Å². The average Bonchev–Trinajstić information content (AvgIpc) is 2.91. The van der Waals surface area contributed by atoms with Crippen LogP contribution in [0.5, 0.6) is 0 Å². The molecule has 1 aromatic carbocycles. The minimum absolute atomic E-state index is 0.243. The SMILES string of the molecule is O=C(O)[C@@]12CCC[C@H]1CN(Cc1cc(F)ccc1Br)C2. The zero-order chi connectivity index (χ0) is 14.3. The zero-order valence-electron chi connectivity index (χ0n) is 11.1. The second kappa shape index (κ2) is 5.11. The van der Waals surface area contributed by atoms with Gasteiger partial charge in [-0.25, -0.2) is 4.39 Å². The Morgan fingerprint density at radius 2 is 2.35 bits per heavy atom. The Bertz CT molecular complexity index is 551. The molecule has 1 aliphatic carbocycles. The number of carboxylic acids is 1. The summed E-state index contributed by atoms with van der Waals surface area (Å²) in [7, 11) is 0. The standard InChI is InChI=1S/C15H17BrFNO2/c16-13-4-3-12(17)6-10(13)7-18-8-11-2-1-5-15(11,9-18)14(19)20/h3-4,6,11H,1-2,5,7-9H2,(H,19,20)/t11-,15+/m0/s1. The molecule has 0 unspecified atom stereocenters. The quantitative estimate of drug-likeness (QED) is 0.917. The summed E-state index contributed by atoms with van der Waals surface area (Å²) in [6, 6.07) is 4.64. The summed E-state index contributed by atoms with van der Waals surface area (Å²) in [4.78, 5) is 13.8. The van der Waals surface area contributed by atoms with Crippen LogP contribution in [-0.4, -0.2) is 29.1 Å². The van der Waals surface area contributed by atoms with Crippen molar-refractivity contribution in [1.29, 1.82) is 0 Å². The molecule has 20 heavy (non-hydrogen) atoms. The molecule has 2 fully saturated rings. The van der Waals surface area contributed by atoms with Crippen LogP contribution in [-0.2, 0) is 11.3 Å². The third-order valence-corrected chi connectivity index (χ3v) is 5.54. The van der Waals surface area contributed by atoms with E-state index in [1.54, 1.807) is 6.07 Å². The minimum Gasteiger partial charge on any atom is -0.481 e. The van der Waals surface area contributed by atoms with Crippen molar-refractivity contribution in [2.45, 2.75) is 25.8 Å². The minimum atomic E-state index is -0.666. The Kier molecular flexibility index (Phi) is 3.58. The van der Waals surface area contributed by atoms with Gasteiger partial charge in [-0.15, -0.1) is 0 Å². The van der Waals surface area contributed by atoms with Crippen LogP contribution in [0.4, 0.5) is 4.39 Å². The third-order valence-electron chi connectivity index (χ3n) is 4.77. The molecular formula is C15H17BrFNO2. The van der Waals surface area contributed by atoms with Crippen molar-refractivity contribution in [3.05, 3.63) is 34.1 Å². The normalized spacial score (nSPS) is 29.6. The van der Waals surface area contributed by atoms with Gasteiger partial charge in [0, 0.05) is 24.1 Å². The van der Waals surface area contributed by atoms with E-state index in [0.717, 1.165) is 35.8 Å². The van der Waals surface area contributed by atoms with Crippen LogP contribution in [0.3, 0.4) is 0 Å². The number of nitrogens with zero attached hydrogens (tertiary/aromatic N) is 1. The van der Waals surface area contributed by atoms with Crippen molar-refractivity contribution in [3.63, 3.8) is 0 Å². The first kappa shape index (κ1) is 14.0. The number of benzene rings is 1. The van der Waals surface area contributed by atoms with E-state index in [1.165, 1.54) is 12.1 Å². The van der Waals surface area contributed by atoms with Gasteiger partial charge in [-0.3, -0.25) is 9.69 Å². The van der Waals surface area contributed by atoms with Crippen molar-refractivity contribution < 1.29 is 14.3 Å². The second-order valence-corrected chi connectivity index (χ2v) is 6.81. The summed E-state index contributed by atoms with van der Waals surface area (Å²) in [6.45, 7) is 1.98. The first-order chi connectivity index (χ1) is 9.51. The van der Waals surface area contributed by atoms with Gasteiger partial charge in [0.05, 0.1) is 5.41 Å². The van der Waals surface area contributed by atoms with E-state index in [1.807, 2.05) is 0 Å². The summed E-state index contributed by atoms with van der Waals surface area (Å²) < 4.78 is 14.2. The van der Waals surface area contributed by atoms with Crippen LogP contribution in [0.15, 0.2) is 22.7 Å². The van der Waals surface area contributed by atoms with E-state index >= 15 is 0 Å². The average molecular weight is 342 g/mol. The topological polar surface area (TPSA) is 40.5 Å². The highest BCUT2D eigenvalue weighted by atomic mass is 79.9. The van der Waals surface area contributed by atoms with Gasteiger partial charge in [-0.2, -0.15) is 0 Å². The van der Waals surface area contributed by atoms with E-state index in [4.69, 9.17) is 0 Å². The molecule has 108 valence electrons. The van der Waals surface area contributed by atoms with Crippen LogP contribution in [0, 0.1) is 17.2 Å². The van der Waals surface area contributed by atoms with Crippen molar-refractivity contribution >= 4 is 21.9 Å². The molecule has 1 saturated heterocycles. The molecule has 1 N–H and O–H groups in total. The number of rotatable bonds is 3. The number of carbonyl (C=O) groups is 1. The lowest BCUT2D eigenvalue weighted by Gasteiger charge is -2.23. The smallest absolute Gasteiger partial charge is 0.311 e. The Morgan fingerprint density at radius 3 is 3.05 bits per heavy atom. The van der Waals surface area contributed by atoms with Crippen molar-refractivity contribution in [3.8, 4) is 0 Å². The number of hydrogen-bond donors (Lipinski definition) is 1. The maximum absolute atomic E-state index is 13.3. The van der Waals surface area contributed by atoms with Crippen molar-refractivity contribution in [2.24, 2.45) is 11.3 Å². The molecule has 3 rings (SSSR count). The number of hydrogen-bond acceptors (Lipinski definition) is 2. The Morgan fingerprint density at radius 1 is 1.55 bits per heavy atom. The van der Waals surface area contributed by atoms with Gasteiger partial charge < -0.3 is 5.11 Å². The molecule has 5 heteroatoms. The lowest BCUT2D eigenvalue weighted by Crippen LogP contribution is -2.35. The fraction of sp³-hybridized carbons (Fsp3) is 0.533. The first-order valence-electron chi connectivity index (χ1n) is 6.91. The summed E-state index contributed by atoms with van der Waals surface area (Å²) in [5.41, 5.74) is 0.310. The van der Waals surface area contributed by atoms with Crippen LogP contribution < -0.4 is 0 Å². The second-order valence-electron chi connectivity index (χ2n) is 5.96. The van der Waals surface area contributed by atoms with E-state index < -0.39 is 11.4 Å². The molecule has 0 aromatic heterocycles. The van der Waals surface area contributed by atoms with Crippen LogP contribution in [0.25, 0.3) is 0 Å². The maximum atomic E-state index is 13.3. The molecule has 1 saturated carbocycles. The summed E-state index contributed by atoms with van der Waals surface area (Å²) in [5, 5.41) is 9.56. The van der Waals surface area contributed by atoms with Gasteiger partial charge >= 0.3 is 5.97 Å². The van der Waals surface area contributed by atoms with Gasteiger partial charge in [0.15, 0.2) is 0 Å². The van der Waals surface area contributed by atoms with E-state index in [-0.39, 0.29) is 11.7 Å². The molecule has 1 heterocycles. The number of aliphatic carboxylic acids is 1. The monoisotopic (exact) mass is 341 g/mol. The molecule has 0 bridgehead atoms. The third kappa shape index (κ3) is 2.27. The van der Waals surface area contributed by atoms with E-state index in [0.29, 0.717) is 13.1 Å². The number of likely N-dealkylation sites (tertiary alicyclic amines) is 1. The predicted octanol–water partition coefficient (Wildman–Crippen LogP) is 3.27. The maximum Gasteiger partial charge on any atom is 0.311 e. The summed E-state index contributed by atoms with van der Waals surface area (Å²) >= 11 is 3.43. The molecular weight excluding hydrogens is 325 g/mol. The first-order valence-corrected chi connectivity index (χ1v) is 7.70. The Hall–Kier alpha value is -0.940. The lowest BCUT2D eigenvalue weighted by molar-refractivity contribution is -0.149. The Balaban J connectivity index is 1.78. The molecule has 0 amide bonds. The highest BCUT2D eigenvalue weighted by molar-refractivity contribution is 9.10. The molecule has 1 aromatic rings. The number of halogens is 2. The van der Waals surface area contributed by atoms with Crippen molar-refractivity contribution in [1.82, 2.24) is 4.90 Å². The summed E-state index contributed by atoms with van der Waals surface area (Å²) in [5.74, 6) is -0.677. The van der Waals surface area contributed by atoms with Gasteiger partial charge in [-0.1, -0.05) is 22.4 Å². The van der Waals surface area contributed by atoms with Crippen LogP contribution in [0.1, 0.15) is 24.8 Å². The fourth-order valence-electron chi connectivity index (χ4n) is 3.77. The van der Waals surface area contributed by atoms with E-state index in [9.17, 15) is 14.3 Å². The van der Waals surface area contributed by atoms with Gasteiger partial charge in [0.1, 0.15) is 5.82 Å². The molecule has 2 aliphatic rings. The number of carboxylic acid groups (broad SMARTS) is 1. The van der Waals surface area contributed by atoms with Gasteiger partial charge in [0.2, 0.25) is 0 Å². The van der Waals surface area contributed by atoms with Gasteiger partial charge in [-0.05, 0) is 42.5 Å². The molecule has 3 nitrogen and oxygen atoms in total. The molecule has 2 atom stereocenters. The highest BCUT2D eigenvalue weighted by Crippen LogP contribution is 2.49. The number of fused-ring (bicyclic) bond motifs is 1. The summed E-state index contributed by atoms with van der Waals surface area (Å²) in [6.07, 6.45) is 2.77. The van der Waals surface area contributed by atoms with Crippen LogP contribution >= 0.6 is 15.9 Å².